The van der Waals surface area contributed by atoms with Crippen molar-refractivity contribution in [3.63, 3.8) is 0 Å². The van der Waals surface area contributed by atoms with E-state index >= 15 is 0 Å². The molecular weight excluding hydrogens is 228 g/mol. The van der Waals surface area contributed by atoms with E-state index in [-0.39, 0.29) is 12.0 Å². The van der Waals surface area contributed by atoms with Gasteiger partial charge in [-0.15, -0.1) is 0 Å². The Labute approximate surface area is 108 Å². The summed E-state index contributed by atoms with van der Waals surface area (Å²) in [5, 5.41) is 3.17. The highest BCUT2D eigenvalue weighted by Gasteiger charge is 2.25. The van der Waals surface area contributed by atoms with Gasteiger partial charge in [0.2, 0.25) is 0 Å². The predicted molar refractivity (Wildman–Crippen MR) is 71.8 cm³/mol. The Balaban J connectivity index is 2.07. The van der Waals surface area contributed by atoms with Crippen molar-refractivity contribution in [3.05, 3.63) is 29.8 Å². The van der Waals surface area contributed by atoms with E-state index in [0.29, 0.717) is 6.54 Å². The average Bonchev–Trinajstić information content (AvgIpc) is 2.81. The molecule has 4 heteroatoms. The molecule has 0 radical (unpaired) electrons. The van der Waals surface area contributed by atoms with Gasteiger partial charge in [0.05, 0.1) is 7.11 Å². The van der Waals surface area contributed by atoms with Crippen LogP contribution in [-0.4, -0.2) is 38.8 Å². The SMILES string of the molecule is CCNC(CN1CCc2ccccc21)C(=O)OC. The van der Waals surface area contributed by atoms with Crippen LogP contribution in [0.15, 0.2) is 24.3 Å². The number of methoxy groups -OCH3 is 1. The summed E-state index contributed by atoms with van der Waals surface area (Å²) in [5.41, 5.74) is 2.60. The summed E-state index contributed by atoms with van der Waals surface area (Å²) in [5.74, 6) is -0.193. The molecule has 1 N–H and O–H groups in total. The first kappa shape index (κ1) is 12.9. The van der Waals surface area contributed by atoms with Crippen LogP contribution in [0.2, 0.25) is 0 Å². The number of likely N-dealkylation sites (N-methyl/N-ethyl adjacent to an activating group) is 1. The lowest BCUT2D eigenvalue weighted by atomic mass is 10.2. The first-order valence-corrected chi connectivity index (χ1v) is 6.40. The van der Waals surface area contributed by atoms with Gasteiger partial charge in [-0.25, -0.2) is 0 Å². The van der Waals surface area contributed by atoms with Crippen LogP contribution in [0.5, 0.6) is 0 Å². The van der Waals surface area contributed by atoms with Crippen LogP contribution < -0.4 is 10.2 Å². The van der Waals surface area contributed by atoms with Crippen LogP contribution in [0, 0.1) is 0 Å². The molecule has 1 atom stereocenters. The standard InChI is InChI=1S/C14H20N2O2/c1-3-15-12(14(17)18-2)10-16-9-8-11-6-4-5-7-13(11)16/h4-7,12,15H,3,8-10H2,1-2H3. The van der Waals surface area contributed by atoms with Gasteiger partial charge < -0.3 is 15.0 Å². The molecule has 2 rings (SSSR count). The number of fused-ring (bicyclic) bond motifs is 1. The van der Waals surface area contributed by atoms with Gasteiger partial charge in [0.15, 0.2) is 0 Å². The summed E-state index contributed by atoms with van der Waals surface area (Å²) in [6, 6.07) is 8.10. The number of carbonyl (C=O) groups is 1. The van der Waals surface area contributed by atoms with E-state index in [4.69, 9.17) is 4.74 Å². The first-order valence-electron chi connectivity index (χ1n) is 6.40. The molecule has 0 aliphatic carbocycles. The molecule has 0 saturated carbocycles. The van der Waals surface area contributed by atoms with Crippen molar-refractivity contribution in [2.24, 2.45) is 0 Å². The van der Waals surface area contributed by atoms with Crippen LogP contribution in [0.4, 0.5) is 5.69 Å². The highest BCUT2D eigenvalue weighted by atomic mass is 16.5. The number of hydrogen-bond acceptors (Lipinski definition) is 4. The summed E-state index contributed by atoms with van der Waals surface area (Å²) >= 11 is 0. The van der Waals surface area contributed by atoms with Gasteiger partial charge in [-0.2, -0.15) is 0 Å². The molecule has 0 fully saturated rings. The zero-order chi connectivity index (χ0) is 13.0. The fraction of sp³-hybridized carbons (Fsp3) is 0.500. The maximum absolute atomic E-state index is 11.7. The van der Waals surface area contributed by atoms with Crippen molar-refractivity contribution in [3.8, 4) is 0 Å². The Morgan fingerprint density at radius 1 is 1.50 bits per heavy atom. The Bertz CT molecular complexity index is 420. The summed E-state index contributed by atoms with van der Waals surface area (Å²) in [7, 11) is 1.44. The summed E-state index contributed by atoms with van der Waals surface area (Å²) in [6.07, 6.45) is 1.05. The Hall–Kier alpha value is -1.55. The van der Waals surface area contributed by atoms with Gasteiger partial charge >= 0.3 is 5.97 Å². The number of nitrogens with one attached hydrogen (secondary N) is 1. The van der Waals surface area contributed by atoms with Crippen LogP contribution in [0.25, 0.3) is 0 Å². The average molecular weight is 248 g/mol. The Kier molecular flexibility index (Phi) is 4.20. The second-order valence-corrected chi connectivity index (χ2v) is 4.46. The third-order valence-corrected chi connectivity index (χ3v) is 3.32. The summed E-state index contributed by atoms with van der Waals surface area (Å²) < 4.78 is 4.84. The van der Waals surface area contributed by atoms with E-state index in [9.17, 15) is 4.79 Å². The largest absolute Gasteiger partial charge is 0.468 e. The molecule has 1 aromatic carbocycles. The van der Waals surface area contributed by atoms with E-state index in [1.165, 1.54) is 18.4 Å². The minimum atomic E-state index is -0.258. The second kappa shape index (κ2) is 5.87. The van der Waals surface area contributed by atoms with E-state index in [2.05, 4.69) is 28.4 Å². The number of benzene rings is 1. The number of rotatable bonds is 5. The zero-order valence-corrected chi connectivity index (χ0v) is 11.0. The van der Waals surface area contributed by atoms with Crippen molar-refractivity contribution in [2.75, 3.05) is 31.6 Å². The van der Waals surface area contributed by atoms with Gasteiger partial charge in [0, 0.05) is 18.8 Å². The Morgan fingerprint density at radius 2 is 2.28 bits per heavy atom. The number of ether oxygens (including phenoxy) is 1. The molecule has 98 valence electrons. The molecule has 18 heavy (non-hydrogen) atoms. The van der Waals surface area contributed by atoms with E-state index in [1.807, 2.05) is 13.0 Å². The van der Waals surface area contributed by atoms with Crippen molar-refractivity contribution in [1.29, 1.82) is 0 Å². The summed E-state index contributed by atoms with van der Waals surface area (Å²) in [4.78, 5) is 13.9. The van der Waals surface area contributed by atoms with Crippen molar-refractivity contribution < 1.29 is 9.53 Å². The van der Waals surface area contributed by atoms with Gasteiger partial charge in [0.25, 0.3) is 0 Å². The summed E-state index contributed by atoms with van der Waals surface area (Å²) in [6.45, 7) is 4.39. The monoisotopic (exact) mass is 248 g/mol. The molecule has 0 spiro atoms. The highest BCUT2D eigenvalue weighted by Crippen LogP contribution is 2.27. The number of anilines is 1. The van der Waals surface area contributed by atoms with E-state index in [0.717, 1.165) is 19.5 Å². The zero-order valence-electron chi connectivity index (χ0n) is 11.0. The van der Waals surface area contributed by atoms with Crippen LogP contribution in [0.3, 0.4) is 0 Å². The maximum Gasteiger partial charge on any atom is 0.324 e. The predicted octanol–water partition coefficient (Wildman–Crippen LogP) is 1.20. The van der Waals surface area contributed by atoms with Crippen LogP contribution in [-0.2, 0) is 16.0 Å². The first-order chi connectivity index (χ1) is 8.76. The van der Waals surface area contributed by atoms with Gasteiger partial charge in [-0.05, 0) is 24.6 Å². The van der Waals surface area contributed by atoms with E-state index in [1.54, 1.807) is 0 Å². The number of carbonyl (C=O) groups excluding carboxylic acids is 1. The number of esters is 1. The maximum atomic E-state index is 11.7. The van der Waals surface area contributed by atoms with Gasteiger partial charge in [-0.1, -0.05) is 25.1 Å². The number of para-hydroxylation sites is 1. The minimum Gasteiger partial charge on any atom is -0.468 e. The molecule has 0 bridgehead atoms. The molecule has 1 aliphatic heterocycles. The fourth-order valence-corrected chi connectivity index (χ4v) is 2.43. The molecule has 1 heterocycles. The minimum absolute atomic E-state index is 0.193. The smallest absolute Gasteiger partial charge is 0.324 e. The van der Waals surface area contributed by atoms with Crippen molar-refractivity contribution >= 4 is 11.7 Å². The topological polar surface area (TPSA) is 41.6 Å². The molecule has 1 aliphatic rings. The van der Waals surface area contributed by atoms with Gasteiger partial charge in [-0.3, -0.25) is 4.79 Å². The normalized spacial score (nSPS) is 15.3. The third kappa shape index (κ3) is 2.64. The third-order valence-electron chi connectivity index (χ3n) is 3.32. The molecule has 4 nitrogen and oxygen atoms in total. The molecular formula is C14H20N2O2. The molecule has 0 amide bonds. The van der Waals surface area contributed by atoms with E-state index < -0.39 is 0 Å². The van der Waals surface area contributed by atoms with Crippen LogP contribution in [0.1, 0.15) is 12.5 Å². The number of hydrogen-bond donors (Lipinski definition) is 1. The van der Waals surface area contributed by atoms with Crippen molar-refractivity contribution in [1.82, 2.24) is 5.32 Å². The lowest BCUT2D eigenvalue weighted by molar-refractivity contribution is -0.142. The van der Waals surface area contributed by atoms with Crippen molar-refractivity contribution in [2.45, 2.75) is 19.4 Å². The molecule has 1 unspecified atom stereocenters. The second-order valence-electron chi connectivity index (χ2n) is 4.46. The fourth-order valence-electron chi connectivity index (χ4n) is 2.43. The van der Waals surface area contributed by atoms with Gasteiger partial charge in [0.1, 0.15) is 6.04 Å². The van der Waals surface area contributed by atoms with Crippen LogP contribution >= 0.6 is 0 Å². The number of nitrogens with zero attached hydrogens (tertiary/aromatic N) is 1. The lowest BCUT2D eigenvalue weighted by Gasteiger charge is -2.24. The molecule has 1 aromatic rings. The highest BCUT2D eigenvalue weighted by molar-refractivity contribution is 5.77. The Morgan fingerprint density at radius 3 is 3.00 bits per heavy atom. The quantitative estimate of drug-likeness (QED) is 0.795. The molecule has 0 saturated heterocycles. The molecule has 0 aromatic heterocycles. The lowest BCUT2D eigenvalue weighted by Crippen LogP contribution is -2.46.